The van der Waals surface area contributed by atoms with Crippen LogP contribution >= 0.6 is 0 Å². The summed E-state index contributed by atoms with van der Waals surface area (Å²) >= 11 is 0. The first-order valence-electron chi connectivity index (χ1n) is 3.90. The van der Waals surface area contributed by atoms with E-state index in [9.17, 15) is 0 Å². The molecule has 0 heteroatoms. The van der Waals surface area contributed by atoms with Crippen LogP contribution in [0, 0.1) is 0 Å². The highest BCUT2D eigenvalue weighted by molar-refractivity contribution is 4.68. The van der Waals surface area contributed by atoms with Crippen LogP contribution in [0.25, 0.3) is 0 Å². The van der Waals surface area contributed by atoms with E-state index in [-0.39, 0.29) is 0 Å². The molecule has 0 aliphatic rings. The van der Waals surface area contributed by atoms with Gasteiger partial charge in [0.05, 0.1) is 0 Å². The second-order valence-corrected chi connectivity index (χ2v) is 1.37. The first-order chi connectivity index (χ1) is 4.33. The minimum absolute atomic E-state index is 1.25. The lowest BCUT2D eigenvalue weighted by Gasteiger charge is -1.49. The molecule has 0 saturated carbocycles. The topological polar surface area (TPSA) is 0 Å². The minimum Gasteiger partial charge on any atom is -0.0919 e. The summed E-state index contributed by atoms with van der Waals surface area (Å²) < 4.78 is 0. The molecule has 0 radical (unpaired) electrons. The highest BCUT2D eigenvalue weighted by Gasteiger charge is 1.35. The molecule has 0 N–H and O–H groups in total. The molecule has 0 fully saturated rings. The Morgan fingerprint density at radius 3 is 1.00 bits per heavy atom. The summed E-state index contributed by atoms with van der Waals surface area (Å²) in [6.07, 6.45) is 5.25. The molecular weight excluding hydrogens is 108 g/mol. The molecule has 9 heavy (non-hydrogen) atoms. The molecule has 0 aliphatic heterocycles. The van der Waals surface area contributed by atoms with Crippen LogP contribution in [-0.4, -0.2) is 0 Å². The Kier molecular flexibility index (Phi) is 82.7. The summed E-state index contributed by atoms with van der Waals surface area (Å²) in [4.78, 5) is 0. The number of hydrogen-bond donors (Lipinski definition) is 0. The van der Waals surface area contributed by atoms with Crippen molar-refractivity contribution in [2.75, 3.05) is 0 Å². The van der Waals surface area contributed by atoms with Gasteiger partial charge in [-0.25, -0.2) is 0 Å². The van der Waals surface area contributed by atoms with E-state index in [0.29, 0.717) is 0 Å². The summed E-state index contributed by atoms with van der Waals surface area (Å²) in [5, 5.41) is 0. The van der Waals surface area contributed by atoms with E-state index in [1.165, 1.54) is 6.42 Å². The Labute approximate surface area is 61.0 Å². The van der Waals surface area contributed by atoms with E-state index >= 15 is 0 Å². The van der Waals surface area contributed by atoms with E-state index in [1.54, 1.807) is 0 Å². The van der Waals surface area contributed by atoms with Crippen molar-refractivity contribution in [1.82, 2.24) is 0 Å². The van der Waals surface area contributed by atoms with E-state index in [4.69, 9.17) is 0 Å². The Hall–Kier alpha value is -0.260. The van der Waals surface area contributed by atoms with Gasteiger partial charge < -0.3 is 0 Å². The molecule has 0 heterocycles. The van der Waals surface area contributed by atoms with Gasteiger partial charge in [0.1, 0.15) is 0 Å². The summed E-state index contributed by atoms with van der Waals surface area (Å²) in [7, 11) is 0. The smallest absolute Gasteiger partial charge is 0.0470 e. The van der Waals surface area contributed by atoms with Crippen molar-refractivity contribution in [3.05, 3.63) is 12.2 Å². The molecule has 0 unspecified atom stereocenters. The SMILES string of the molecule is CC.CC=CC.CCC. The molecule has 0 aromatic heterocycles. The van der Waals surface area contributed by atoms with Crippen LogP contribution in [0.2, 0.25) is 0 Å². The van der Waals surface area contributed by atoms with Crippen LogP contribution in [0.3, 0.4) is 0 Å². The lowest BCUT2D eigenvalue weighted by molar-refractivity contribution is 1.09. The molecule has 0 atom stereocenters. The van der Waals surface area contributed by atoms with Gasteiger partial charge in [0.15, 0.2) is 0 Å². The summed E-state index contributed by atoms with van der Waals surface area (Å²) in [5.41, 5.74) is 0. The van der Waals surface area contributed by atoms with Crippen LogP contribution in [0.4, 0.5) is 0 Å². The second kappa shape index (κ2) is 46.8. The van der Waals surface area contributed by atoms with Crippen LogP contribution in [0.1, 0.15) is 48.0 Å². The average Bonchev–Trinajstić information content (AvgIpc) is 1.94. The van der Waals surface area contributed by atoms with Crippen LogP contribution in [-0.2, 0) is 0 Å². The van der Waals surface area contributed by atoms with Crippen molar-refractivity contribution >= 4 is 0 Å². The van der Waals surface area contributed by atoms with Gasteiger partial charge in [-0.2, -0.15) is 0 Å². The fourth-order valence-corrected chi connectivity index (χ4v) is 0. The van der Waals surface area contributed by atoms with Crippen molar-refractivity contribution in [3.63, 3.8) is 0 Å². The lowest BCUT2D eigenvalue weighted by atomic mass is 10.6. The van der Waals surface area contributed by atoms with Gasteiger partial charge in [-0.15, -0.1) is 0 Å². The van der Waals surface area contributed by atoms with Crippen molar-refractivity contribution in [1.29, 1.82) is 0 Å². The van der Waals surface area contributed by atoms with E-state index in [1.807, 2.05) is 39.8 Å². The Morgan fingerprint density at radius 1 is 0.889 bits per heavy atom. The zero-order valence-electron chi connectivity index (χ0n) is 7.86. The first-order valence-corrected chi connectivity index (χ1v) is 3.90. The molecule has 0 aromatic rings. The van der Waals surface area contributed by atoms with Crippen molar-refractivity contribution in [2.45, 2.75) is 48.0 Å². The molecule has 0 saturated heterocycles. The quantitative estimate of drug-likeness (QED) is 0.434. The maximum Gasteiger partial charge on any atom is -0.0470 e. The first kappa shape index (κ1) is 15.9. The Balaban J connectivity index is -0.0000000646. The van der Waals surface area contributed by atoms with E-state index in [0.717, 1.165) is 0 Å². The Bertz CT molecular complexity index is 23.0. The standard InChI is InChI=1S/C4H8.C3H8.C2H6/c1-3-4-2;1-3-2;1-2/h3-4H,1-2H3;3H2,1-2H3;1-2H3. The van der Waals surface area contributed by atoms with Crippen molar-refractivity contribution < 1.29 is 0 Å². The molecule has 0 aromatic carbocycles. The monoisotopic (exact) mass is 130 g/mol. The van der Waals surface area contributed by atoms with Gasteiger partial charge >= 0.3 is 0 Å². The molecular formula is C9H22. The molecule has 0 nitrogen and oxygen atoms in total. The third kappa shape index (κ3) is 466. The van der Waals surface area contributed by atoms with Gasteiger partial charge in [0, 0.05) is 0 Å². The number of allylic oxidation sites excluding steroid dienone is 2. The zero-order chi connectivity index (χ0) is 8.12. The van der Waals surface area contributed by atoms with E-state index in [2.05, 4.69) is 13.8 Å². The largest absolute Gasteiger partial charge is 0.0919 e. The zero-order valence-corrected chi connectivity index (χ0v) is 7.86. The molecule has 0 amide bonds. The van der Waals surface area contributed by atoms with Gasteiger partial charge in [0.2, 0.25) is 0 Å². The summed E-state index contributed by atoms with van der Waals surface area (Å²) in [6, 6.07) is 0. The van der Waals surface area contributed by atoms with E-state index < -0.39 is 0 Å². The van der Waals surface area contributed by atoms with Gasteiger partial charge in [-0.3, -0.25) is 0 Å². The predicted molar refractivity (Wildman–Crippen MR) is 47.8 cm³/mol. The highest BCUT2D eigenvalue weighted by atomic mass is 13.4. The fourth-order valence-electron chi connectivity index (χ4n) is 0. The lowest BCUT2D eigenvalue weighted by Crippen LogP contribution is -1.27. The van der Waals surface area contributed by atoms with Crippen LogP contribution in [0.15, 0.2) is 12.2 Å². The molecule has 0 spiro atoms. The minimum atomic E-state index is 1.25. The van der Waals surface area contributed by atoms with Crippen LogP contribution in [0.5, 0.6) is 0 Å². The van der Waals surface area contributed by atoms with Crippen LogP contribution < -0.4 is 0 Å². The maximum atomic E-state index is 2.12. The van der Waals surface area contributed by atoms with Gasteiger partial charge in [-0.05, 0) is 13.8 Å². The average molecular weight is 130 g/mol. The fraction of sp³-hybridized carbons (Fsp3) is 0.778. The predicted octanol–water partition coefficient (Wildman–Crippen LogP) is 4.02. The van der Waals surface area contributed by atoms with Gasteiger partial charge in [-0.1, -0.05) is 46.3 Å². The third-order valence-electron chi connectivity index (χ3n) is 0.333. The molecule has 0 bridgehead atoms. The molecule has 0 rings (SSSR count). The van der Waals surface area contributed by atoms with Crippen molar-refractivity contribution in [2.24, 2.45) is 0 Å². The second-order valence-electron chi connectivity index (χ2n) is 1.37. The summed E-state index contributed by atoms with van der Waals surface area (Å²) in [6.45, 7) is 12.2. The van der Waals surface area contributed by atoms with Gasteiger partial charge in [0.25, 0.3) is 0 Å². The van der Waals surface area contributed by atoms with Crippen molar-refractivity contribution in [3.8, 4) is 0 Å². The summed E-state index contributed by atoms with van der Waals surface area (Å²) in [5.74, 6) is 0. The Morgan fingerprint density at radius 2 is 1.00 bits per heavy atom. The molecule has 0 aliphatic carbocycles. The molecule has 58 valence electrons. The number of rotatable bonds is 0. The highest BCUT2D eigenvalue weighted by Crippen LogP contribution is 1.57. The third-order valence-corrected chi connectivity index (χ3v) is 0.333. The number of hydrogen-bond acceptors (Lipinski definition) is 0. The normalized spacial score (nSPS) is 6.89. The maximum absolute atomic E-state index is 2.12.